The molecule has 0 aliphatic carbocycles. The quantitative estimate of drug-likeness (QED) is 0.406. The summed E-state index contributed by atoms with van der Waals surface area (Å²) in [6, 6.07) is 21.1. The summed E-state index contributed by atoms with van der Waals surface area (Å²) < 4.78 is 42.8. The maximum Gasteiger partial charge on any atom is 0.264 e. The van der Waals surface area contributed by atoms with Gasteiger partial charge in [0.05, 0.1) is 10.6 Å². The van der Waals surface area contributed by atoms with Crippen molar-refractivity contribution in [2.24, 2.45) is 5.92 Å². The van der Waals surface area contributed by atoms with Crippen molar-refractivity contribution < 1.29 is 22.4 Å². The average molecular weight is 526 g/mol. The van der Waals surface area contributed by atoms with E-state index in [1.165, 1.54) is 35.2 Å². The van der Waals surface area contributed by atoms with Crippen LogP contribution in [-0.4, -0.2) is 44.3 Å². The van der Waals surface area contributed by atoms with Crippen LogP contribution >= 0.6 is 0 Å². The number of benzene rings is 3. The fourth-order valence-electron chi connectivity index (χ4n) is 3.70. The first-order valence-electron chi connectivity index (χ1n) is 12.0. The van der Waals surface area contributed by atoms with Gasteiger partial charge in [-0.25, -0.2) is 12.8 Å². The smallest absolute Gasteiger partial charge is 0.264 e. The van der Waals surface area contributed by atoms with Gasteiger partial charge >= 0.3 is 0 Å². The normalized spacial score (nSPS) is 12.1. The number of nitrogens with zero attached hydrogens (tertiary/aromatic N) is 2. The van der Waals surface area contributed by atoms with E-state index in [0.29, 0.717) is 6.54 Å². The summed E-state index contributed by atoms with van der Waals surface area (Å²) in [6.45, 7) is 5.33. The van der Waals surface area contributed by atoms with Crippen LogP contribution < -0.4 is 9.62 Å². The Morgan fingerprint density at radius 3 is 2.03 bits per heavy atom. The predicted molar refractivity (Wildman–Crippen MR) is 142 cm³/mol. The topological polar surface area (TPSA) is 86.8 Å². The molecule has 0 unspecified atom stereocenters. The van der Waals surface area contributed by atoms with E-state index in [1.54, 1.807) is 25.1 Å². The highest BCUT2D eigenvalue weighted by Gasteiger charge is 2.33. The molecule has 2 amide bonds. The van der Waals surface area contributed by atoms with Crippen LogP contribution in [0.3, 0.4) is 0 Å². The lowest BCUT2D eigenvalue weighted by Gasteiger charge is -2.32. The summed E-state index contributed by atoms with van der Waals surface area (Å²) in [5, 5.41) is 2.83. The summed E-state index contributed by atoms with van der Waals surface area (Å²) in [5.74, 6) is -1.57. The molecule has 0 radical (unpaired) electrons. The first-order chi connectivity index (χ1) is 17.6. The second kappa shape index (κ2) is 12.5. The molecule has 0 bridgehead atoms. The summed E-state index contributed by atoms with van der Waals surface area (Å²) in [5.41, 5.74) is 0.513. The van der Waals surface area contributed by atoms with Crippen molar-refractivity contribution in [3.05, 3.63) is 96.3 Å². The molecular formula is C28H32FN3O4S. The maximum absolute atomic E-state index is 14.9. The van der Waals surface area contributed by atoms with Crippen molar-refractivity contribution in [1.29, 1.82) is 0 Å². The number of anilines is 1. The van der Waals surface area contributed by atoms with Gasteiger partial charge in [0.15, 0.2) is 0 Å². The first-order valence-corrected chi connectivity index (χ1v) is 13.5. The van der Waals surface area contributed by atoms with Crippen LogP contribution in [0.1, 0.15) is 26.3 Å². The zero-order chi connectivity index (χ0) is 27.0. The van der Waals surface area contributed by atoms with E-state index in [2.05, 4.69) is 5.32 Å². The Kier molecular flexibility index (Phi) is 9.41. The van der Waals surface area contributed by atoms with Gasteiger partial charge < -0.3 is 10.2 Å². The standard InChI is InChI=1S/C28H32FN3O4S/c1-21(2)18-30-28(34)22(3)31(19-23-12-6-4-7-13-23)27(33)20-32(26-17-11-10-16-25(26)29)37(35,36)24-14-8-5-9-15-24/h4-17,21-22H,18-20H2,1-3H3,(H,30,34)/t22-/m0/s1. The summed E-state index contributed by atoms with van der Waals surface area (Å²) in [4.78, 5) is 27.9. The van der Waals surface area contributed by atoms with Gasteiger partial charge in [-0.3, -0.25) is 13.9 Å². The summed E-state index contributed by atoms with van der Waals surface area (Å²) >= 11 is 0. The van der Waals surface area contributed by atoms with Gasteiger partial charge in [0.2, 0.25) is 11.8 Å². The van der Waals surface area contributed by atoms with Crippen molar-refractivity contribution in [2.45, 2.75) is 38.3 Å². The van der Waals surface area contributed by atoms with Crippen LogP contribution in [-0.2, 0) is 26.2 Å². The Labute approximate surface area is 218 Å². The van der Waals surface area contributed by atoms with Crippen LogP contribution in [0.25, 0.3) is 0 Å². The molecule has 0 fully saturated rings. The first kappa shape index (κ1) is 27.9. The Morgan fingerprint density at radius 2 is 1.43 bits per heavy atom. The number of hydrogen-bond acceptors (Lipinski definition) is 4. The summed E-state index contributed by atoms with van der Waals surface area (Å²) in [6.07, 6.45) is 0. The Bertz CT molecular complexity index is 1300. The molecule has 1 atom stereocenters. The lowest BCUT2D eigenvalue weighted by Crippen LogP contribution is -2.51. The van der Waals surface area contributed by atoms with Crippen LogP contribution in [0.2, 0.25) is 0 Å². The predicted octanol–water partition coefficient (Wildman–Crippen LogP) is 4.21. The molecule has 0 heterocycles. The molecule has 3 aromatic carbocycles. The van der Waals surface area contributed by atoms with E-state index in [4.69, 9.17) is 0 Å². The minimum absolute atomic E-state index is 0.0758. The monoisotopic (exact) mass is 525 g/mol. The molecule has 0 aliphatic heterocycles. The molecule has 0 saturated heterocycles. The van der Waals surface area contributed by atoms with Crippen LogP contribution in [0.4, 0.5) is 10.1 Å². The third-order valence-corrected chi connectivity index (χ3v) is 7.55. The van der Waals surface area contributed by atoms with Gasteiger partial charge in [-0.1, -0.05) is 74.5 Å². The molecule has 0 aromatic heterocycles. The van der Waals surface area contributed by atoms with Crippen molar-refractivity contribution in [2.75, 3.05) is 17.4 Å². The third-order valence-electron chi connectivity index (χ3n) is 5.78. The molecule has 0 aliphatic rings. The van der Waals surface area contributed by atoms with E-state index in [1.807, 2.05) is 44.2 Å². The third kappa shape index (κ3) is 7.16. The van der Waals surface area contributed by atoms with E-state index < -0.39 is 34.3 Å². The highest BCUT2D eigenvalue weighted by Crippen LogP contribution is 2.26. The number of carbonyl (C=O) groups excluding carboxylic acids is 2. The highest BCUT2D eigenvalue weighted by molar-refractivity contribution is 7.92. The minimum Gasteiger partial charge on any atom is -0.354 e. The minimum atomic E-state index is -4.30. The number of nitrogens with one attached hydrogen (secondary N) is 1. The van der Waals surface area contributed by atoms with Crippen molar-refractivity contribution >= 4 is 27.5 Å². The van der Waals surface area contributed by atoms with Crippen LogP contribution in [0, 0.1) is 11.7 Å². The average Bonchev–Trinajstić information content (AvgIpc) is 2.90. The second-order valence-corrected chi connectivity index (χ2v) is 11.0. The van der Waals surface area contributed by atoms with Crippen molar-refractivity contribution in [3.63, 3.8) is 0 Å². The van der Waals surface area contributed by atoms with Gasteiger partial charge in [-0.15, -0.1) is 0 Å². The number of para-hydroxylation sites is 1. The molecule has 3 aromatic rings. The molecular weight excluding hydrogens is 493 g/mol. The molecule has 0 saturated carbocycles. The van der Waals surface area contributed by atoms with Crippen LogP contribution in [0.15, 0.2) is 89.8 Å². The number of rotatable bonds is 11. The number of halogens is 1. The number of hydrogen-bond donors (Lipinski definition) is 1. The lowest BCUT2D eigenvalue weighted by atomic mass is 10.1. The Balaban J connectivity index is 1.99. The molecule has 0 spiro atoms. The largest absolute Gasteiger partial charge is 0.354 e. The highest BCUT2D eigenvalue weighted by atomic mass is 32.2. The lowest BCUT2D eigenvalue weighted by molar-refractivity contribution is -0.139. The zero-order valence-electron chi connectivity index (χ0n) is 21.2. The van der Waals surface area contributed by atoms with Gasteiger partial charge in [0.25, 0.3) is 10.0 Å². The molecule has 7 nitrogen and oxygen atoms in total. The van der Waals surface area contributed by atoms with Gasteiger partial charge in [0, 0.05) is 13.1 Å². The van der Waals surface area contributed by atoms with Gasteiger partial charge in [-0.05, 0) is 42.7 Å². The molecule has 37 heavy (non-hydrogen) atoms. The van der Waals surface area contributed by atoms with E-state index in [0.717, 1.165) is 15.9 Å². The number of amides is 2. The van der Waals surface area contributed by atoms with Crippen molar-refractivity contribution in [3.8, 4) is 0 Å². The van der Waals surface area contributed by atoms with Crippen LogP contribution in [0.5, 0.6) is 0 Å². The van der Waals surface area contributed by atoms with Gasteiger partial charge in [-0.2, -0.15) is 0 Å². The Morgan fingerprint density at radius 1 is 0.865 bits per heavy atom. The molecule has 9 heteroatoms. The fraction of sp³-hybridized carbons (Fsp3) is 0.286. The van der Waals surface area contributed by atoms with Crippen molar-refractivity contribution in [1.82, 2.24) is 10.2 Å². The van der Waals surface area contributed by atoms with E-state index in [-0.39, 0.29) is 29.0 Å². The second-order valence-electron chi connectivity index (χ2n) is 9.10. The summed E-state index contributed by atoms with van der Waals surface area (Å²) in [7, 11) is -4.30. The SMILES string of the molecule is CC(C)CNC(=O)[C@H](C)N(Cc1ccccc1)C(=O)CN(c1ccccc1F)S(=O)(=O)c1ccccc1. The maximum atomic E-state index is 14.9. The molecule has 3 rings (SSSR count). The van der Waals surface area contributed by atoms with E-state index in [9.17, 15) is 22.4 Å². The molecule has 196 valence electrons. The van der Waals surface area contributed by atoms with Gasteiger partial charge in [0.1, 0.15) is 18.4 Å². The zero-order valence-corrected chi connectivity index (χ0v) is 22.0. The number of sulfonamides is 1. The Hall–Kier alpha value is -3.72. The number of carbonyl (C=O) groups is 2. The van der Waals surface area contributed by atoms with E-state index >= 15 is 0 Å². The molecule has 1 N–H and O–H groups in total. The fourth-order valence-corrected chi connectivity index (χ4v) is 5.15.